The van der Waals surface area contributed by atoms with E-state index in [1.807, 2.05) is 42.5 Å². The quantitative estimate of drug-likeness (QED) is 0.817. The second kappa shape index (κ2) is 9.57. The third kappa shape index (κ3) is 5.46. The minimum atomic E-state index is -0.172. The summed E-state index contributed by atoms with van der Waals surface area (Å²) in [6.45, 7) is 4.21. The Labute approximate surface area is 159 Å². The molecule has 138 valence electrons. The van der Waals surface area contributed by atoms with Crippen LogP contribution in [0.2, 0.25) is 5.02 Å². The number of ether oxygens (including phenoxy) is 1. The Kier molecular flexibility index (Phi) is 6.89. The molecule has 1 heterocycles. The summed E-state index contributed by atoms with van der Waals surface area (Å²) >= 11 is 5.88. The van der Waals surface area contributed by atoms with Gasteiger partial charge in [0.1, 0.15) is 0 Å². The second-order valence-corrected chi connectivity index (χ2v) is 6.70. The molecule has 6 heteroatoms. The first-order valence-corrected chi connectivity index (χ1v) is 9.23. The molecule has 1 fully saturated rings. The number of morpholine rings is 1. The summed E-state index contributed by atoms with van der Waals surface area (Å²) < 4.78 is 5.46. The van der Waals surface area contributed by atoms with Crippen molar-refractivity contribution in [2.24, 2.45) is 0 Å². The number of hydrogen-bond donors (Lipinski definition) is 2. The van der Waals surface area contributed by atoms with Crippen LogP contribution in [0, 0.1) is 0 Å². The number of benzene rings is 2. The van der Waals surface area contributed by atoms with Crippen molar-refractivity contribution in [1.82, 2.24) is 15.5 Å². The third-order valence-corrected chi connectivity index (χ3v) is 4.75. The van der Waals surface area contributed by atoms with E-state index in [-0.39, 0.29) is 12.1 Å². The molecule has 1 aliphatic rings. The number of carbonyl (C=O) groups excluding carboxylic acids is 1. The van der Waals surface area contributed by atoms with Crippen molar-refractivity contribution in [2.75, 3.05) is 32.8 Å². The lowest BCUT2D eigenvalue weighted by Crippen LogP contribution is -2.45. The average Bonchev–Trinajstić information content (AvgIpc) is 2.69. The SMILES string of the molecule is O=C(NCc1ccc(Cl)cc1)NC[C@H](c1ccccc1)N1CCOCC1. The fourth-order valence-corrected chi connectivity index (χ4v) is 3.18. The molecule has 5 nitrogen and oxygen atoms in total. The van der Waals surface area contributed by atoms with Crippen LogP contribution in [0.1, 0.15) is 17.2 Å². The first-order chi connectivity index (χ1) is 12.7. The maximum atomic E-state index is 12.2. The Morgan fingerprint density at radius 2 is 1.73 bits per heavy atom. The van der Waals surface area contributed by atoms with Gasteiger partial charge in [-0.3, -0.25) is 4.90 Å². The predicted octanol–water partition coefficient (Wildman–Crippen LogP) is 3.21. The third-order valence-electron chi connectivity index (χ3n) is 4.49. The standard InChI is InChI=1S/C20H24ClN3O2/c21-18-8-6-16(7-9-18)14-22-20(25)23-15-19(17-4-2-1-3-5-17)24-10-12-26-13-11-24/h1-9,19H,10-15H2,(H2,22,23,25)/t19-/m1/s1. The van der Waals surface area contributed by atoms with E-state index in [0.29, 0.717) is 18.1 Å². The summed E-state index contributed by atoms with van der Waals surface area (Å²) in [5.41, 5.74) is 2.21. The number of halogens is 1. The average molecular weight is 374 g/mol. The lowest BCUT2D eigenvalue weighted by molar-refractivity contribution is 0.0167. The Balaban J connectivity index is 1.54. The predicted molar refractivity (Wildman–Crippen MR) is 103 cm³/mol. The molecule has 2 amide bonds. The fraction of sp³-hybridized carbons (Fsp3) is 0.350. The molecule has 2 aromatic carbocycles. The monoisotopic (exact) mass is 373 g/mol. The summed E-state index contributed by atoms with van der Waals surface area (Å²) in [4.78, 5) is 14.6. The van der Waals surface area contributed by atoms with Crippen LogP contribution in [0.4, 0.5) is 4.79 Å². The molecule has 26 heavy (non-hydrogen) atoms. The molecule has 0 unspecified atom stereocenters. The van der Waals surface area contributed by atoms with Crippen LogP contribution in [-0.4, -0.2) is 43.8 Å². The molecular formula is C20H24ClN3O2. The van der Waals surface area contributed by atoms with Crippen molar-refractivity contribution in [3.63, 3.8) is 0 Å². The molecule has 3 rings (SSSR count). The van der Waals surface area contributed by atoms with Gasteiger partial charge in [0, 0.05) is 31.2 Å². The normalized spacial score (nSPS) is 16.0. The van der Waals surface area contributed by atoms with Gasteiger partial charge in [-0.2, -0.15) is 0 Å². The molecule has 2 aromatic rings. The van der Waals surface area contributed by atoms with Gasteiger partial charge < -0.3 is 15.4 Å². The summed E-state index contributed by atoms with van der Waals surface area (Å²) in [5, 5.41) is 6.58. The van der Waals surface area contributed by atoms with E-state index in [9.17, 15) is 4.79 Å². The van der Waals surface area contributed by atoms with Crippen LogP contribution in [-0.2, 0) is 11.3 Å². The molecule has 1 aliphatic heterocycles. The van der Waals surface area contributed by atoms with Crippen LogP contribution < -0.4 is 10.6 Å². The lowest BCUT2D eigenvalue weighted by Gasteiger charge is -2.34. The molecular weight excluding hydrogens is 350 g/mol. The zero-order valence-electron chi connectivity index (χ0n) is 14.7. The van der Waals surface area contributed by atoms with Gasteiger partial charge in [0.05, 0.1) is 19.3 Å². The van der Waals surface area contributed by atoms with Crippen LogP contribution in [0.25, 0.3) is 0 Å². The molecule has 0 saturated carbocycles. The minimum absolute atomic E-state index is 0.140. The molecule has 0 bridgehead atoms. The van der Waals surface area contributed by atoms with Crippen LogP contribution >= 0.6 is 11.6 Å². The number of carbonyl (C=O) groups is 1. The first kappa shape index (κ1) is 18.7. The number of amides is 2. The van der Waals surface area contributed by atoms with Gasteiger partial charge in [0.25, 0.3) is 0 Å². The van der Waals surface area contributed by atoms with E-state index >= 15 is 0 Å². The Bertz CT molecular complexity index is 688. The molecule has 0 aliphatic carbocycles. The van der Waals surface area contributed by atoms with Gasteiger partial charge in [0.15, 0.2) is 0 Å². The van der Waals surface area contributed by atoms with Crippen LogP contribution in [0.3, 0.4) is 0 Å². The largest absolute Gasteiger partial charge is 0.379 e. The zero-order valence-corrected chi connectivity index (χ0v) is 15.4. The highest BCUT2D eigenvalue weighted by molar-refractivity contribution is 6.30. The molecule has 1 saturated heterocycles. The van der Waals surface area contributed by atoms with Gasteiger partial charge in [0.2, 0.25) is 0 Å². The first-order valence-electron chi connectivity index (χ1n) is 8.85. The number of nitrogens with one attached hydrogen (secondary N) is 2. The van der Waals surface area contributed by atoms with Crippen LogP contribution in [0.5, 0.6) is 0 Å². The van der Waals surface area contributed by atoms with E-state index in [4.69, 9.17) is 16.3 Å². The van der Waals surface area contributed by atoms with Crippen molar-refractivity contribution in [1.29, 1.82) is 0 Å². The van der Waals surface area contributed by atoms with E-state index in [0.717, 1.165) is 31.9 Å². The summed E-state index contributed by atoms with van der Waals surface area (Å²) in [7, 11) is 0. The summed E-state index contributed by atoms with van der Waals surface area (Å²) in [6, 6.07) is 17.7. The van der Waals surface area contributed by atoms with Gasteiger partial charge in [-0.05, 0) is 23.3 Å². The zero-order chi connectivity index (χ0) is 18.2. The molecule has 2 N–H and O–H groups in total. The Hall–Kier alpha value is -2.08. The van der Waals surface area contributed by atoms with Gasteiger partial charge >= 0.3 is 6.03 Å². The van der Waals surface area contributed by atoms with Crippen molar-refractivity contribution >= 4 is 17.6 Å². The van der Waals surface area contributed by atoms with E-state index < -0.39 is 0 Å². The summed E-state index contributed by atoms with van der Waals surface area (Å²) in [5.74, 6) is 0. The van der Waals surface area contributed by atoms with Crippen LogP contribution in [0.15, 0.2) is 54.6 Å². The van der Waals surface area contributed by atoms with E-state index in [1.54, 1.807) is 0 Å². The smallest absolute Gasteiger partial charge is 0.315 e. The fourth-order valence-electron chi connectivity index (χ4n) is 3.06. The highest BCUT2D eigenvalue weighted by Crippen LogP contribution is 2.21. The lowest BCUT2D eigenvalue weighted by atomic mass is 10.0. The van der Waals surface area contributed by atoms with E-state index in [2.05, 4.69) is 27.7 Å². The maximum absolute atomic E-state index is 12.2. The van der Waals surface area contributed by atoms with E-state index in [1.165, 1.54) is 5.56 Å². The molecule has 0 aromatic heterocycles. The topological polar surface area (TPSA) is 53.6 Å². The number of nitrogens with zero attached hydrogens (tertiary/aromatic N) is 1. The molecule has 1 atom stereocenters. The maximum Gasteiger partial charge on any atom is 0.315 e. The number of hydrogen-bond acceptors (Lipinski definition) is 3. The van der Waals surface area contributed by atoms with Gasteiger partial charge in [-0.15, -0.1) is 0 Å². The second-order valence-electron chi connectivity index (χ2n) is 6.26. The highest BCUT2D eigenvalue weighted by Gasteiger charge is 2.22. The van der Waals surface area contributed by atoms with Crippen molar-refractivity contribution < 1.29 is 9.53 Å². The van der Waals surface area contributed by atoms with Gasteiger partial charge in [-0.1, -0.05) is 54.1 Å². The van der Waals surface area contributed by atoms with Crippen molar-refractivity contribution in [3.05, 3.63) is 70.7 Å². The van der Waals surface area contributed by atoms with Gasteiger partial charge in [-0.25, -0.2) is 4.79 Å². The Morgan fingerprint density at radius 1 is 1.04 bits per heavy atom. The molecule has 0 radical (unpaired) electrons. The number of rotatable bonds is 6. The van der Waals surface area contributed by atoms with Crippen molar-refractivity contribution in [2.45, 2.75) is 12.6 Å². The minimum Gasteiger partial charge on any atom is -0.379 e. The highest BCUT2D eigenvalue weighted by atomic mass is 35.5. The van der Waals surface area contributed by atoms with Crippen molar-refractivity contribution in [3.8, 4) is 0 Å². The molecule has 0 spiro atoms. The number of urea groups is 1. The summed E-state index contributed by atoms with van der Waals surface area (Å²) in [6.07, 6.45) is 0. The Morgan fingerprint density at radius 3 is 2.42 bits per heavy atom.